The van der Waals surface area contributed by atoms with Gasteiger partial charge in [0.1, 0.15) is 6.04 Å². The largest absolute Gasteiger partial charge is 0.325 e. The summed E-state index contributed by atoms with van der Waals surface area (Å²) in [6.07, 6.45) is 6.58. The van der Waals surface area contributed by atoms with Gasteiger partial charge in [0.15, 0.2) is 0 Å². The predicted molar refractivity (Wildman–Crippen MR) is 71.9 cm³/mol. The molecule has 19 heavy (non-hydrogen) atoms. The fourth-order valence-corrected chi connectivity index (χ4v) is 4.26. The van der Waals surface area contributed by atoms with Crippen molar-refractivity contribution in [3.05, 3.63) is 0 Å². The molecule has 3 fully saturated rings. The van der Waals surface area contributed by atoms with Gasteiger partial charge in [-0.2, -0.15) is 5.26 Å². The third-order valence-electron chi connectivity index (χ3n) is 5.79. The van der Waals surface area contributed by atoms with E-state index in [4.69, 9.17) is 5.73 Å². The zero-order valence-electron chi connectivity index (χ0n) is 11.6. The van der Waals surface area contributed by atoms with E-state index in [2.05, 4.69) is 13.0 Å². The molecule has 1 amide bonds. The topological polar surface area (TPSA) is 70.1 Å². The van der Waals surface area contributed by atoms with Crippen LogP contribution in [0.5, 0.6) is 0 Å². The maximum atomic E-state index is 12.7. The minimum Gasteiger partial charge on any atom is -0.325 e. The highest BCUT2D eigenvalue weighted by atomic mass is 16.2. The lowest BCUT2D eigenvalue weighted by Crippen LogP contribution is -2.54. The second kappa shape index (κ2) is 4.49. The van der Waals surface area contributed by atoms with Crippen molar-refractivity contribution in [1.82, 2.24) is 4.90 Å². The average Bonchev–Trinajstić information content (AvgIpc) is 2.92. The molecule has 4 heteroatoms. The first-order valence-corrected chi connectivity index (χ1v) is 7.58. The Balaban J connectivity index is 1.75. The molecule has 0 spiro atoms. The summed E-state index contributed by atoms with van der Waals surface area (Å²) in [5.74, 6) is 1.03. The van der Waals surface area contributed by atoms with Gasteiger partial charge in [-0.3, -0.25) is 4.79 Å². The number of carbonyl (C=O) groups excluding carboxylic acids is 1. The third kappa shape index (κ3) is 1.87. The second-order valence-electron chi connectivity index (χ2n) is 6.62. The molecule has 4 atom stereocenters. The minimum atomic E-state index is -0.409. The highest BCUT2D eigenvalue weighted by Gasteiger charge is 2.56. The van der Waals surface area contributed by atoms with Crippen molar-refractivity contribution < 1.29 is 4.79 Å². The first kappa shape index (κ1) is 12.9. The summed E-state index contributed by atoms with van der Waals surface area (Å²) in [5.41, 5.74) is 6.31. The molecular formula is C15H23N3O. The molecule has 2 N–H and O–H groups in total. The van der Waals surface area contributed by atoms with E-state index in [-0.39, 0.29) is 17.4 Å². The number of hydrogen-bond donors (Lipinski definition) is 1. The van der Waals surface area contributed by atoms with Crippen molar-refractivity contribution in [3.8, 4) is 6.07 Å². The molecule has 0 aromatic rings. The van der Waals surface area contributed by atoms with E-state index in [1.165, 1.54) is 12.8 Å². The van der Waals surface area contributed by atoms with Crippen LogP contribution in [0.1, 0.15) is 45.4 Å². The van der Waals surface area contributed by atoms with Crippen molar-refractivity contribution in [2.24, 2.45) is 23.0 Å². The Bertz CT molecular complexity index is 422. The molecule has 1 aliphatic heterocycles. The SMILES string of the molecule is CCC1([C@H](N)C(=O)N2CC3C[C@H]3[C@H]2C#N)CCCC1. The first-order valence-electron chi connectivity index (χ1n) is 7.58. The average molecular weight is 261 g/mol. The molecule has 104 valence electrons. The Hall–Kier alpha value is -1.08. The minimum absolute atomic E-state index is 0.0101. The van der Waals surface area contributed by atoms with Crippen LogP contribution in [-0.4, -0.2) is 29.4 Å². The van der Waals surface area contributed by atoms with Crippen LogP contribution in [-0.2, 0) is 4.79 Å². The lowest BCUT2D eigenvalue weighted by Gasteiger charge is -2.36. The zero-order valence-corrected chi connectivity index (χ0v) is 11.6. The van der Waals surface area contributed by atoms with Gasteiger partial charge in [-0.25, -0.2) is 0 Å². The molecule has 2 saturated carbocycles. The lowest BCUT2D eigenvalue weighted by atomic mass is 9.76. The number of rotatable bonds is 3. The summed E-state index contributed by atoms with van der Waals surface area (Å²) < 4.78 is 0. The van der Waals surface area contributed by atoms with Gasteiger partial charge in [-0.05, 0) is 42.9 Å². The molecule has 3 rings (SSSR count). The first-order chi connectivity index (χ1) is 9.13. The molecule has 1 saturated heterocycles. The standard InChI is InChI=1S/C15H23N3O/c1-2-15(5-3-4-6-15)13(17)14(19)18-9-10-7-11(10)12(18)8-16/h10-13H,2-7,9,17H2,1H3/t10?,11-,12-,13-/m1/s1. The molecular weight excluding hydrogens is 238 g/mol. The number of nitrogens with zero attached hydrogens (tertiary/aromatic N) is 2. The maximum absolute atomic E-state index is 12.7. The molecule has 1 unspecified atom stereocenters. The molecule has 0 radical (unpaired) electrons. The Morgan fingerprint density at radius 1 is 1.53 bits per heavy atom. The molecule has 0 aromatic carbocycles. The molecule has 4 nitrogen and oxygen atoms in total. The van der Waals surface area contributed by atoms with Gasteiger partial charge in [0, 0.05) is 6.54 Å². The number of fused-ring (bicyclic) bond motifs is 1. The van der Waals surface area contributed by atoms with E-state index in [1.54, 1.807) is 4.90 Å². The van der Waals surface area contributed by atoms with Crippen molar-refractivity contribution in [3.63, 3.8) is 0 Å². The van der Waals surface area contributed by atoms with Crippen molar-refractivity contribution >= 4 is 5.91 Å². The van der Waals surface area contributed by atoms with Crippen LogP contribution in [0.15, 0.2) is 0 Å². The number of carbonyl (C=O) groups is 1. The van der Waals surface area contributed by atoms with Crippen LogP contribution in [0.3, 0.4) is 0 Å². The Morgan fingerprint density at radius 3 is 2.79 bits per heavy atom. The summed E-state index contributed by atoms with van der Waals surface area (Å²) in [5, 5.41) is 9.27. The van der Waals surface area contributed by atoms with Gasteiger partial charge >= 0.3 is 0 Å². The van der Waals surface area contributed by atoms with E-state index in [0.29, 0.717) is 11.8 Å². The van der Waals surface area contributed by atoms with Crippen LogP contribution < -0.4 is 5.73 Å². The number of hydrogen-bond acceptors (Lipinski definition) is 3. The van der Waals surface area contributed by atoms with Crippen LogP contribution >= 0.6 is 0 Å². The zero-order chi connectivity index (χ0) is 13.6. The van der Waals surface area contributed by atoms with Crippen LogP contribution in [0.2, 0.25) is 0 Å². The highest BCUT2D eigenvalue weighted by molar-refractivity contribution is 5.84. The van der Waals surface area contributed by atoms with Gasteiger partial charge in [-0.1, -0.05) is 19.8 Å². The number of nitriles is 1. The summed E-state index contributed by atoms with van der Waals surface area (Å²) in [6.45, 7) is 2.90. The van der Waals surface area contributed by atoms with Gasteiger partial charge < -0.3 is 10.6 Å². The van der Waals surface area contributed by atoms with Crippen LogP contribution in [0, 0.1) is 28.6 Å². The molecule has 2 aliphatic carbocycles. The summed E-state index contributed by atoms with van der Waals surface area (Å²) >= 11 is 0. The maximum Gasteiger partial charge on any atom is 0.241 e. The number of piperidine rings is 1. The van der Waals surface area contributed by atoms with Gasteiger partial charge in [0.2, 0.25) is 5.91 Å². The highest BCUT2D eigenvalue weighted by Crippen LogP contribution is 2.50. The van der Waals surface area contributed by atoms with Crippen molar-refractivity contribution in [1.29, 1.82) is 5.26 Å². The number of nitrogens with two attached hydrogens (primary N) is 1. The van der Waals surface area contributed by atoms with Gasteiger partial charge in [-0.15, -0.1) is 0 Å². The molecule has 1 heterocycles. The number of amides is 1. The predicted octanol–water partition coefficient (Wildman–Crippen LogP) is 1.65. The van der Waals surface area contributed by atoms with Crippen LogP contribution in [0.25, 0.3) is 0 Å². The van der Waals surface area contributed by atoms with Crippen molar-refractivity contribution in [2.45, 2.75) is 57.5 Å². The Morgan fingerprint density at radius 2 is 2.21 bits per heavy atom. The van der Waals surface area contributed by atoms with E-state index < -0.39 is 6.04 Å². The Labute approximate surface area is 114 Å². The smallest absolute Gasteiger partial charge is 0.241 e. The third-order valence-corrected chi connectivity index (χ3v) is 5.79. The molecule has 0 aromatic heterocycles. The summed E-state index contributed by atoms with van der Waals surface area (Å²) in [6, 6.07) is 1.69. The number of likely N-dealkylation sites (tertiary alicyclic amines) is 1. The molecule has 0 bridgehead atoms. The van der Waals surface area contributed by atoms with Crippen molar-refractivity contribution in [2.75, 3.05) is 6.54 Å². The van der Waals surface area contributed by atoms with E-state index in [0.717, 1.165) is 32.2 Å². The van der Waals surface area contributed by atoms with Gasteiger partial charge in [0.05, 0.1) is 12.1 Å². The summed E-state index contributed by atoms with van der Waals surface area (Å²) in [7, 11) is 0. The fraction of sp³-hybridized carbons (Fsp3) is 0.867. The van der Waals surface area contributed by atoms with E-state index in [1.807, 2.05) is 0 Å². The normalized spacial score (nSPS) is 36.7. The Kier molecular flexibility index (Phi) is 3.05. The monoisotopic (exact) mass is 261 g/mol. The summed E-state index contributed by atoms with van der Waals surface area (Å²) in [4.78, 5) is 14.5. The fourth-order valence-electron chi connectivity index (χ4n) is 4.26. The van der Waals surface area contributed by atoms with Crippen LogP contribution in [0.4, 0.5) is 0 Å². The second-order valence-corrected chi connectivity index (χ2v) is 6.62. The lowest BCUT2D eigenvalue weighted by molar-refractivity contribution is -0.136. The van der Waals surface area contributed by atoms with E-state index in [9.17, 15) is 10.1 Å². The van der Waals surface area contributed by atoms with Gasteiger partial charge in [0.25, 0.3) is 0 Å². The van der Waals surface area contributed by atoms with E-state index >= 15 is 0 Å². The molecule has 3 aliphatic rings. The quantitative estimate of drug-likeness (QED) is 0.840.